The molecule has 2 saturated carbocycles. The van der Waals surface area contributed by atoms with Crippen molar-refractivity contribution < 1.29 is 24.6 Å². The second-order valence-electron chi connectivity index (χ2n) is 13.1. The molecule has 0 aliphatic heterocycles. The van der Waals surface area contributed by atoms with Gasteiger partial charge in [-0.1, -0.05) is 80.3 Å². The summed E-state index contributed by atoms with van der Waals surface area (Å²) in [5.74, 6) is -1.40. The molecule has 4 N–H and O–H groups in total. The molecule has 0 heterocycles. The number of hydrogen-bond donors (Lipinski definition) is 4. The number of aromatic hydroxyl groups is 1. The average molecular weight is 611 g/mol. The van der Waals surface area contributed by atoms with Gasteiger partial charge < -0.3 is 20.8 Å². The van der Waals surface area contributed by atoms with Crippen LogP contribution in [0.3, 0.4) is 0 Å². The molecule has 5 rings (SSSR count). The molecule has 0 saturated heterocycles. The van der Waals surface area contributed by atoms with Crippen molar-refractivity contribution in [2.24, 2.45) is 23.7 Å². The fraction of sp³-hybridized carbons (Fsp3) is 0.447. The monoisotopic (exact) mass is 610 g/mol. The van der Waals surface area contributed by atoms with Crippen molar-refractivity contribution >= 4 is 17.6 Å². The Hall–Kier alpha value is -3.97. The van der Waals surface area contributed by atoms with Crippen LogP contribution in [0, 0.1) is 44.4 Å². The number of rotatable bonds is 10. The number of hydrogen-bond acceptors (Lipinski definition) is 5. The topological polar surface area (TPSA) is 116 Å². The van der Waals surface area contributed by atoms with Gasteiger partial charge in [0.2, 0.25) is 5.91 Å². The molecule has 7 nitrogen and oxygen atoms in total. The van der Waals surface area contributed by atoms with Crippen molar-refractivity contribution in [3.63, 3.8) is 0 Å². The summed E-state index contributed by atoms with van der Waals surface area (Å²) in [4.78, 5) is 41.5. The molecule has 0 radical (unpaired) electrons. The lowest BCUT2D eigenvalue weighted by Crippen LogP contribution is -2.53. The van der Waals surface area contributed by atoms with Gasteiger partial charge >= 0.3 is 0 Å². The van der Waals surface area contributed by atoms with E-state index < -0.39 is 35.7 Å². The molecule has 238 valence electrons. The highest BCUT2D eigenvalue weighted by molar-refractivity contribution is 6.00. The van der Waals surface area contributed by atoms with Crippen LogP contribution in [0.5, 0.6) is 5.75 Å². The molecule has 7 heteroatoms. The van der Waals surface area contributed by atoms with E-state index in [9.17, 15) is 24.6 Å². The normalized spacial score (nSPS) is 22.5. The summed E-state index contributed by atoms with van der Waals surface area (Å²) >= 11 is 0. The Balaban J connectivity index is 1.40. The quantitative estimate of drug-likeness (QED) is 0.234. The minimum atomic E-state index is -1.41. The number of phenolic OH excluding ortho intramolecular Hbond substituents is 1. The van der Waals surface area contributed by atoms with Crippen molar-refractivity contribution in [3.05, 3.63) is 100 Å². The van der Waals surface area contributed by atoms with Crippen LogP contribution in [-0.2, 0) is 22.6 Å². The zero-order valence-electron chi connectivity index (χ0n) is 26.6. The first-order valence-electron chi connectivity index (χ1n) is 16.3. The first-order valence-corrected chi connectivity index (χ1v) is 16.3. The lowest BCUT2D eigenvalue weighted by Gasteiger charge is -2.44. The summed E-state index contributed by atoms with van der Waals surface area (Å²) in [7, 11) is 0. The molecule has 0 bridgehead atoms. The third kappa shape index (κ3) is 7.47. The smallest absolute Gasteiger partial charge is 0.252 e. The maximum atomic E-state index is 14.2. The number of phenols is 1. The largest absolute Gasteiger partial charge is 0.508 e. The molecule has 6 atom stereocenters. The van der Waals surface area contributed by atoms with Crippen LogP contribution >= 0.6 is 0 Å². The predicted molar refractivity (Wildman–Crippen MR) is 175 cm³/mol. The number of aliphatic hydroxyl groups is 1. The van der Waals surface area contributed by atoms with Crippen LogP contribution in [0.15, 0.2) is 66.7 Å². The summed E-state index contributed by atoms with van der Waals surface area (Å²) in [6.07, 6.45) is 4.41. The van der Waals surface area contributed by atoms with E-state index in [1.807, 2.05) is 62.4 Å². The molecular formula is C38H46N2O5. The number of carbonyl (C=O) groups is 3. The fourth-order valence-corrected chi connectivity index (χ4v) is 7.60. The molecule has 0 aromatic heterocycles. The number of fused-ring (bicyclic) bond motifs is 1. The van der Waals surface area contributed by atoms with E-state index >= 15 is 0 Å². The van der Waals surface area contributed by atoms with Gasteiger partial charge in [-0.05, 0) is 86.3 Å². The second-order valence-corrected chi connectivity index (χ2v) is 13.1. The summed E-state index contributed by atoms with van der Waals surface area (Å²) in [5.41, 5.74) is 4.83. The van der Waals surface area contributed by atoms with Gasteiger partial charge in [-0.15, -0.1) is 0 Å². The number of carbonyl (C=O) groups excluding carboxylic acids is 3. The average Bonchev–Trinajstić information content (AvgIpc) is 3.04. The van der Waals surface area contributed by atoms with Gasteiger partial charge in [0, 0.05) is 29.5 Å². The number of aryl methyl sites for hydroxylation is 2. The van der Waals surface area contributed by atoms with E-state index in [1.54, 1.807) is 19.1 Å². The van der Waals surface area contributed by atoms with Gasteiger partial charge in [0.25, 0.3) is 5.91 Å². The highest BCUT2D eigenvalue weighted by Gasteiger charge is 2.46. The molecule has 2 aliphatic rings. The Morgan fingerprint density at radius 2 is 1.49 bits per heavy atom. The summed E-state index contributed by atoms with van der Waals surface area (Å²) in [5, 5.41) is 28.0. The molecule has 2 amide bonds. The van der Waals surface area contributed by atoms with Crippen molar-refractivity contribution in [1.82, 2.24) is 10.6 Å². The first-order chi connectivity index (χ1) is 21.6. The predicted octanol–water partition coefficient (Wildman–Crippen LogP) is 5.74. The van der Waals surface area contributed by atoms with Gasteiger partial charge in [0.1, 0.15) is 11.9 Å². The Bertz CT molecular complexity index is 1500. The zero-order chi connectivity index (χ0) is 32.1. The number of benzene rings is 3. The molecule has 45 heavy (non-hydrogen) atoms. The third-order valence-corrected chi connectivity index (χ3v) is 10.3. The van der Waals surface area contributed by atoms with Crippen molar-refractivity contribution in [2.75, 3.05) is 0 Å². The zero-order valence-corrected chi connectivity index (χ0v) is 26.6. The first kappa shape index (κ1) is 32.4. The van der Waals surface area contributed by atoms with Crippen LogP contribution < -0.4 is 10.6 Å². The summed E-state index contributed by atoms with van der Waals surface area (Å²) < 4.78 is 0. The van der Waals surface area contributed by atoms with Crippen molar-refractivity contribution in [2.45, 2.75) is 84.4 Å². The van der Waals surface area contributed by atoms with Crippen LogP contribution in [0.25, 0.3) is 0 Å². The van der Waals surface area contributed by atoms with E-state index in [4.69, 9.17) is 0 Å². The Morgan fingerprint density at radius 1 is 0.844 bits per heavy atom. The van der Waals surface area contributed by atoms with Gasteiger partial charge in [-0.25, -0.2) is 0 Å². The molecular weight excluding hydrogens is 564 g/mol. The maximum absolute atomic E-state index is 14.2. The Kier molecular flexibility index (Phi) is 10.4. The van der Waals surface area contributed by atoms with Crippen LogP contribution in [-0.4, -0.2) is 40.0 Å². The van der Waals surface area contributed by atoms with Crippen LogP contribution in [0.2, 0.25) is 0 Å². The van der Waals surface area contributed by atoms with E-state index in [0.717, 1.165) is 47.9 Å². The van der Waals surface area contributed by atoms with E-state index in [0.29, 0.717) is 36.8 Å². The minimum Gasteiger partial charge on any atom is -0.508 e. The van der Waals surface area contributed by atoms with Crippen molar-refractivity contribution in [3.8, 4) is 5.75 Å². The number of amides is 2. The van der Waals surface area contributed by atoms with Gasteiger partial charge in [-0.3, -0.25) is 14.4 Å². The van der Waals surface area contributed by atoms with E-state index in [2.05, 4.69) is 10.6 Å². The van der Waals surface area contributed by atoms with Crippen molar-refractivity contribution in [1.29, 1.82) is 0 Å². The Morgan fingerprint density at radius 3 is 2.18 bits per heavy atom. The highest BCUT2D eigenvalue weighted by Crippen LogP contribution is 2.47. The maximum Gasteiger partial charge on any atom is 0.252 e. The molecule has 2 unspecified atom stereocenters. The third-order valence-electron chi connectivity index (χ3n) is 10.3. The number of Topliss-reactive ketones (excluding diaryl/α,β-unsaturated/α-hetero) is 1. The Labute approximate surface area is 266 Å². The fourth-order valence-electron chi connectivity index (χ4n) is 7.60. The summed E-state index contributed by atoms with van der Waals surface area (Å²) in [6.45, 7) is 6.12. The number of aliphatic hydroxyl groups excluding tert-OH is 1. The minimum absolute atomic E-state index is 0.00685. The summed E-state index contributed by atoms with van der Waals surface area (Å²) in [6, 6.07) is 19.2. The molecule has 2 fully saturated rings. The van der Waals surface area contributed by atoms with E-state index in [-0.39, 0.29) is 23.6 Å². The molecule has 2 aliphatic carbocycles. The number of ketones is 1. The molecule has 3 aromatic rings. The number of nitrogens with one attached hydrogen (secondary N) is 2. The molecule has 0 spiro atoms. The van der Waals surface area contributed by atoms with Crippen LogP contribution in [0.1, 0.15) is 76.7 Å². The van der Waals surface area contributed by atoms with E-state index in [1.165, 1.54) is 6.07 Å². The van der Waals surface area contributed by atoms with Gasteiger partial charge in [-0.2, -0.15) is 0 Å². The lowest BCUT2D eigenvalue weighted by molar-refractivity contribution is -0.141. The van der Waals surface area contributed by atoms with Gasteiger partial charge in [0.05, 0.1) is 6.04 Å². The van der Waals surface area contributed by atoms with Crippen LogP contribution in [0.4, 0.5) is 0 Å². The second kappa shape index (κ2) is 14.4. The lowest BCUT2D eigenvalue weighted by atomic mass is 9.61. The highest BCUT2D eigenvalue weighted by atomic mass is 16.3. The molecule has 3 aromatic carbocycles. The standard InChI is InChI=1S/C38H46N2O5/c1-23-11-9-12-24(2)32(23)22-39-37(44)31-21-28-16-8-7-15-27(28)20-30(31)35(42)36(43)33(19-26-13-5-4-6-14-26)40-38(45)29-17-10-18-34(41)25(29)3/h4-6,9-14,17-18,27-28,30-31,33,35,41-42H,7-8,15-16,19-22H2,1-3H3,(H,39,44)(H,40,45)/t27-,28+,30?,31-,33+,35?/m1/s1. The van der Waals surface area contributed by atoms with Gasteiger partial charge in [0.15, 0.2) is 5.78 Å². The SMILES string of the molecule is Cc1cccc(C)c1CNC(=O)[C@@H]1C[C@@H]2CCCC[C@@H]2CC1C(O)C(=O)[C@H](Cc1ccccc1)NC(=O)c1cccc(O)c1C.